The summed E-state index contributed by atoms with van der Waals surface area (Å²) in [6.07, 6.45) is 3.90. The second-order valence-corrected chi connectivity index (χ2v) is 6.32. The molecular weight excluding hydrogens is 266 g/mol. The van der Waals surface area contributed by atoms with Crippen molar-refractivity contribution in [3.63, 3.8) is 0 Å². The topological polar surface area (TPSA) is 60.2 Å². The van der Waals surface area contributed by atoms with E-state index in [9.17, 15) is 0 Å². The molecule has 114 valence electrons. The monoisotopic (exact) mass is 289 g/mol. The van der Waals surface area contributed by atoms with Crippen LogP contribution in [0.15, 0.2) is 30.5 Å². The number of aromatic nitrogens is 3. The van der Waals surface area contributed by atoms with Crippen molar-refractivity contribution in [3.8, 4) is 11.4 Å². The second-order valence-electron chi connectivity index (χ2n) is 6.32. The zero-order valence-electron chi connectivity index (χ0n) is 12.9. The molecule has 21 heavy (non-hydrogen) atoms. The van der Waals surface area contributed by atoms with Crippen LogP contribution in [0.3, 0.4) is 0 Å². The fourth-order valence-corrected chi connectivity index (χ4v) is 1.98. The predicted octanol–water partition coefficient (Wildman–Crippen LogP) is 2.96. The fraction of sp³-hybridized carbons (Fsp3) is 0.500. The molecular formula is C16H23N3O2. The van der Waals surface area contributed by atoms with Gasteiger partial charge in [-0.1, -0.05) is 26.0 Å². The largest absolute Gasteiger partial charge is 0.494 e. The van der Waals surface area contributed by atoms with Crippen LogP contribution in [-0.4, -0.2) is 26.7 Å². The third kappa shape index (κ3) is 4.86. The van der Waals surface area contributed by atoms with E-state index in [1.54, 1.807) is 10.9 Å². The van der Waals surface area contributed by atoms with Crippen LogP contribution in [0, 0.1) is 5.41 Å². The molecule has 0 aliphatic heterocycles. The molecule has 5 heteroatoms. The Balaban J connectivity index is 1.87. The molecule has 0 atom stereocenters. The molecule has 1 aromatic heterocycles. The molecule has 0 saturated heterocycles. The average Bonchev–Trinajstić information content (AvgIpc) is 2.92. The van der Waals surface area contributed by atoms with Crippen LogP contribution in [0.5, 0.6) is 5.75 Å². The predicted molar refractivity (Wildman–Crippen MR) is 81.5 cm³/mol. The van der Waals surface area contributed by atoms with Crippen LogP contribution in [0.1, 0.15) is 39.3 Å². The molecule has 2 rings (SSSR count). The van der Waals surface area contributed by atoms with Crippen molar-refractivity contribution in [2.75, 3.05) is 6.61 Å². The molecule has 0 fully saturated rings. The second kappa shape index (κ2) is 6.72. The smallest absolute Gasteiger partial charge is 0.119 e. The van der Waals surface area contributed by atoms with E-state index in [0.717, 1.165) is 30.9 Å². The molecule has 0 spiro atoms. The summed E-state index contributed by atoms with van der Waals surface area (Å²) in [6.45, 7) is 7.34. The first-order chi connectivity index (χ1) is 9.98. The maximum atomic E-state index is 8.98. The molecule has 2 aromatic rings. The molecule has 0 bridgehead atoms. The van der Waals surface area contributed by atoms with Crippen molar-refractivity contribution in [2.24, 2.45) is 5.41 Å². The Kier molecular flexibility index (Phi) is 4.96. The first-order valence-corrected chi connectivity index (χ1v) is 7.23. The zero-order chi connectivity index (χ0) is 15.3. The normalized spacial score (nSPS) is 11.6. The van der Waals surface area contributed by atoms with Gasteiger partial charge in [0.2, 0.25) is 0 Å². The van der Waals surface area contributed by atoms with Crippen LogP contribution in [-0.2, 0) is 6.61 Å². The highest BCUT2D eigenvalue weighted by atomic mass is 16.5. The highest BCUT2D eigenvalue weighted by molar-refractivity contribution is 5.36. The van der Waals surface area contributed by atoms with E-state index >= 15 is 0 Å². The lowest BCUT2D eigenvalue weighted by Crippen LogP contribution is -2.07. The Morgan fingerprint density at radius 2 is 1.90 bits per heavy atom. The maximum Gasteiger partial charge on any atom is 0.119 e. The third-order valence-corrected chi connectivity index (χ3v) is 3.14. The van der Waals surface area contributed by atoms with Crippen molar-refractivity contribution in [2.45, 2.75) is 40.2 Å². The Morgan fingerprint density at radius 3 is 2.48 bits per heavy atom. The first-order valence-electron chi connectivity index (χ1n) is 7.23. The SMILES string of the molecule is CC(C)(C)CCCOc1ccc(-n2cc(CO)nn2)cc1. The minimum absolute atomic E-state index is 0.102. The number of ether oxygens (including phenoxy) is 1. The van der Waals surface area contributed by atoms with E-state index in [2.05, 4.69) is 31.1 Å². The Bertz CT molecular complexity index is 556. The van der Waals surface area contributed by atoms with E-state index in [4.69, 9.17) is 9.84 Å². The van der Waals surface area contributed by atoms with E-state index < -0.39 is 0 Å². The van der Waals surface area contributed by atoms with Crippen LogP contribution in [0.2, 0.25) is 0 Å². The lowest BCUT2D eigenvalue weighted by molar-refractivity contribution is 0.269. The number of aliphatic hydroxyl groups excluding tert-OH is 1. The van der Waals surface area contributed by atoms with Crippen molar-refractivity contribution in [1.82, 2.24) is 15.0 Å². The van der Waals surface area contributed by atoms with Gasteiger partial charge in [-0.05, 0) is 42.5 Å². The highest BCUT2D eigenvalue weighted by Gasteiger charge is 2.09. The molecule has 0 amide bonds. The van der Waals surface area contributed by atoms with Gasteiger partial charge in [0.05, 0.1) is 25.1 Å². The zero-order valence-corrected chi connectivity index (χ0v) is 12.9. The van der Waals surface area contributed by atoms with Crippen molar-refractivity contribution in [3.05, 3.63) is 36.2 Å². The quantitative estimate of drug-likeness (QED) is 0.831. The van der Waals surface area contributed by atoms with E-state index in [1.165, 1.54) is 0 Å². The molecule has 0 saturated carbocycles. The molecule has 5 nitrogen and oxygen atoms in total. The van der Waals surface area contributed by atoms with Crippen LogP contribution < -0.4 is 4.74 Å². The van der Waals surface area contributed by atoms with Gasteiger partial charge in [-0.15, -0.1) is 5.10 Å². The summed E-state index contributed by atoms with van der Waals surface area (Å²) < 4.78 is 7.37. The van der Waals surface area contributed by atoms with Crippen molar-refractivity contribution in [1.29, 1.82) is 0 Å². The molecule has 0 radical (unpaired) electrons. The summed E-state index contributed by atoms with van der Waals surface area (Å²) in [6, 6.07) is 7.70. The number of nitrogens with zero attached hydrogens (tertiary/aromatic N) is 3. The minimum Gasteiger partial charge on any atom is -0.494 e. The van der Waals surface area contributed by atoms with Crippen LogP contribution >= 0.6 is 0 Å². The van der Waals surface area contributed by atoms with E-state index in [1.807, 2.05) is 24.3 Å². The number of rotatable bonds is 6. The Morgan fingerprint density at radius 1 is 1.19 bits per heavy atom. The van der Waals surface area contributed by atoms with E-state index in [0.29, 0.717) is 11.1 Å². The van der Waals surface area contributed by atoms with Crippen molar-refractivity contribution < 1.29 is 9.84 Å². The summed E-state index contributed by atoms with van der Waals surface area (Å²) >= 11 is 0. The average molecular weight is 289 g/mol. The summed E-state index contributed by atoms with van der Waals surface area (Å²) in [5, 5.41) is 16.8. The lowest BCUT2D eigenvalue weighted by atomic mass is 9.91. The Labute approximate surface area is 125 Å². The van der Waals surface area contributed by atoms with Gasteiger partial charge in [0.15, 0.2) is 0 Å². The summed E-state index contributed by atoms with van der Waals surface area (Å²) in [5.74, 6) is 0.857. The van der Waals surface area contributed by atoms with Gasteiger partial charge in [0.1, 0.15) is 11.4 Å². The summed E-state index contributed by atoms with van der Waals surface area (Å²) in [7, 11) is 0. The maximum absolute atomic E-state index is 8.98. The van der Waals surface area contributed by atoms with Gasteiger partial charge < -0.3 is 9.84 Å². The van der Waals surface area contributed by atoms with Gasteiger partial charge in [-0.2, -0.15) is 0 Å². The summed E-state index contributed by atoms with van der Waals surface area (Å²) in [5.41, 5.74) is 1.80. The molecule has 0 unspecified atom stereocenters. The van der Waals surface area contributed by atoms with E-state index in [-0.39, 0.29) is 6.61 Å². The van der Waals surface area contributed by atoms with Crippen molar-refractivity contribution >= 4 is 0 Å². The van der Waals surface area contributed by atoms with Gasteiger partial charge >= 0.3 is 0 Å². The van der Waals surface area contributed by atoms with Gasteiger partial charge in [-0.3, -0.25) is 0 Å². The number of hydrogen-bond acceptors (Lipinski definition) is 4. The minimum atomic E-state index is -0.102. The summed E-state index contributed by atoms with van der Waals surface area (Å²) in [4.78, 5) is 0. The number of benzene rings is 1. The molecule has 1 heterocycles. The highest BCUT2D eigenvalue weighted by Crippen LogP contribution is 2.21. The first kappa shape index (κ1) is 15.5. The molecule has 0 aliphatic rings. The lowest BCUT2D eigenvalue weighted by Gasteiger charge is -2.17. The number of aliphatic hydroxyl groups is 1. The Hall–Kier alpha value is -1.88. The fourth-order valence-electron chi connectivity index (χ4n) is 1.98. The van der Waals surface area contributed by atoms with Crippen LogP contribution in [0.4, 0.5) is 0 Å². The molecule has 0 aliphatic carbocycles. The third-order valence-electron chi connectivity index (χ3n) is 3.14. The van der Waals surface area contributed by atoms with Crippen LogP contribution in [0.25, 0.3) is 5.69 Å². The molecule has 1 aromatic carbocycles. The standard InChI is InChI=1S/C16H23N3O2/c1-16(2,3)9-4-10-21-15-7-5-14(6-8-15)19-11-13(12-20)17-18-19/h5-8,11,20H,4,9-10,12H2,1-3H3. The molecule has 1 N–H and O–H groups in total. The van der Waals surface area contributed by atoms with Gasteiger partial charge in [0, 0.05) is 0 Å². The van der Waals surface area contributed by atoms with Gasteiger partial charge in [0.25, 0.3) is 0 Å². The van der Waals surface area contributed by atoms with Gasteiger partial charge in [-0.25, -0.2) is 4.68 Å². The number of hydrogen-bond donors (Lipinski definition) is 1.